The predicted molar refractivity (Wildman–Crippen MR) is 95.8 cm³/mol. The fourth-order valence-corrected chi connectivity index (χ4v) is 3.28. The normalized spacial score (nSPS) is 15.8. The van der Waals surface area contributed by atoms with Crippen molar-refractivity contribution in [2.45, 2.75) is 38.0 Å². The molecule has 1 aromatic carbocycles. The number of aromatic amines is 1. The maximum atomic E-state index is 5.33. The zero-order valence-corrected chi connectivity index (χ0v) is 14.8. The van der Waals surface area contributed by atoms with E-state index in [4.69, 9.17) is 21.7 Å². The van der Waals surface area contributed by atoms with E-state index in [0.717, 1.165) is 24.2 Å². The fraction of sp³-hybridized carbons (Fsp3) is 0.471. The molecule has 128 valence electrons. The number of hydrogen-bond acceptors (Lipinski definition) is 5. The summed E-state index contributed by atoms with van der Waals surface area (Å²) in [5.41, 5.74) is 0.908. The molecule has 1 heterocycles. The second-order valence-corrected chi connectivity index (χ2v) is 6.28. The van der Waals surface area contributed by atoms with Crippen molar-refractivity contribution in [3.8, 4) is 11.5 Å². The van der Waals surface area contributed by atoms with Gasteiger partial charge >= 0.3 is 0 Å². The van der Waals surface area contributed by atoms with Crippen LogP contribution < -0.4 is 9.47 Å². The standard InChI is InChI=1S/C17H22N4O2S/c1-22-14-9-8-12(10-15(14)23-2)11-18-21-16(19-20-17(21)24)13-6-4-3-5-7-13/h8-11,13H,3-7H2,1-2H3,(H,20,24)/b18-11-. The number of H-pyrrole nitrogens is 1. The van der Waals surface area contributed by atoms with E-state index >= 15 is 0 Å². The molecule has 0 spiro atoms. The highest BCUT2D eigenvalue weighted by Gasteiger charge is 2.21. The minimum absolute atomic E-state index is 0.425. The van der Waals surface area contributed by atoms with Crippen LogP contribution in [0.5, 0.6) is 11.5 Å². The van der Waals surface area contributed by atoms with E-state index in [1.54, 1.807) is 25.1 Å². The molecule has 1 saturated carbocycles. The van der Waals surface area contributed by atoms with Gasteiger partial charge in [0, 0.05) is 5.92 Å². The van der Waals surface area contributed by atoms with Crippen molar-refractivity contribution < 1.29 is 9.47 Å². The van der Waals surface area contributed by atoms with E-state index in [1.807, 2.05) is 18.2 Å². The van der Waals surface area contributed by atoms with Crippen molar-refractivity contribution in [1.82, 2.24) is 14.9 Å². The Morgan fingerprint density at radius 1 is 1.21 bits per heavy atom. The van der Waals surface area contributed by atoms with Crippen LogP contribution in [0.1, 0.15) is 49.4 Å². The first-order valence-electron chi connectivity index (χ1n) is 8.16. The van der Waals surface area contributed by atoms with Gasteiger partial charge in [-0.15, -0.1) is 0 Å². The van der Waals surface area contributed by atoms with Gasteiger partial charge in [0.25, 0.3) is 0 Å². The Morgan fingerprint density at radius 2 is 1.96 bits per heavy atom. The molecule has 0 amide bonds. The SMILES string of the molecule is COc1ccc(/C=N\n2c(C3CCCCC3)n[nH]c2=S)cc1OC. The van der Waals surface area contributed by atoms with E-state index in [0.29, 0.717) is 22.2 Å². The first-order valence-corrected chi connectivity index (χ1v) is 8.57. The Morgan fingerprint density at radius 3 is 2.67 bits per heavy atom. The summed E-state index contributed by atoms with van der Waals surface area (Å²) in [6.45, 7) is 0. The first-order chi connectivity index (χ1) is 11.7. The van der Waals surface area contributed by atoms with Gasteiger partial charge < -0.3 is 9.47 Å². The van der Waals surface area contributed by atoms with Crippen LogP contribution >= 0.6 is 12.2 Å². The van der Waals surface area contributed by atoms with Crippen LogP contribution in [0.3, 0.4) is 0 Å². The molecular formula is C17H22N4O2S. The van der Waals surface area contributed by atoms with Gasteiger partial charge in [0.15, 0.2) is 17.3 Å². The monoisotopic (exact) mass is 346 g/mol. The minimum Gasteiger partial charge on any atom is -0.493 e. The zero-order valence-electron chi connectivity index (χ0n) is 14.0. The molecule has 2 aromatic rings. The first kappa shape index (κ1) is 16.7. The highest BCUT2D eigenvalue weighted by molar-refractivity contribution is 7.71. The van der Waals surface area contributed by atoms with Crippen LogP contribution in [0.25, 0.3) is 0 Å². The van der Waals surface area contributed by atoms with Crippen molar-refractivity contribution in [2.24, 2.45) is 5.10 Å². The lowest BCUT2D eigenvalue weighted by molar-refractivity contribution is 0.355. The lowest BCUT2D eigenvalue weighted by atomic mass is 9.89. The summed E-state index contributed by atoms with van der Waals surface area (Å²) in [6.07, 6.45) is 7.83. The van der Waals surface area contributed by atoms with Gasteiger partial charge in [-0.1, -0.05) is 19.3 Å². The fourth-order valence-electron chi connectivity index (χ4n) is 3.10. The lowest BCUT2D eigenvalue weighted by Gasteiger charge is -2.19. The summed E-state index contributed by atoms with van der Waals surface area (Å²) in [5.74, 6) is 2.72. The largest absolute Gasteiger partial charge is 0.493 e. The molecule has 1 fully saturated rings. The van der Waals surface area contributed by atoms with Crippen LogP contribution in [-0.2, 0) is 0 Å². The number of hydrogen-bond donors (Lipinski definition) is 1. The van der Waals surface area contributed by atoms with Crippen molar-refractivity contribution in [3.63, 3.8) is 0 Å². The van der Waals surface area contributed by atoms with Crippen molar-refractivity contribution in [2.75, 3.05) is 14.2 Å². The van der Waals surface area contributed by atoms with Crippen LogP contribution in [0.4, 0.5) is 0 Å². The van der Waals surface area contributed by atoms with Crippen LogP contribution in [0.2, 0.25) is 0 Å². The zero-order chi connectivity index (χ0) is 16.9. The molecule has 0 atom stereocenters. The van der Waals surface area contributed by atoms with Crippen molar-refractivity contribution in [3.05, 3.63) is 34.4 Å². The smallest absolute Gasteiger partial charge is 0.216 e. The molecule has 0 radical (unpaired) electrons. The molecular weight excluding hydrogens is 324 g/mol. The number of rotatable bonds is 5. The molecule has 1 aliphatic carbocycles. The molecule has 0 saturated heterocycles. The number of nitrogens with one attached hydrogen (secondary N) is 1. The van der Waals surface area contributed by atoms with E-state index < -0.39 is 0 Å². The third kappa shape index (κ3) is 3.51. The van der Waals surface area contributed by atoms with Gasteiger partial charge in [-0.3, -0.25) is 5.10 Å². The van der Waals surface area contributed by atoms with E-state index in [9.17, 15) is 0 Å². The molecule has 3 rings (SSSR count). The van der Waals surface area contributed by atoms with Gasteiger partial charge in [-0.25, -0.2) is 0 Å². The number of aromatic nitrogens is 3. The maximum Gasteiger partial charge on any atom is 0.216 e. The molecule has 1 N–H and O–H groups in total. The van der Waals surface area contributed by atoms with Crippen molar-refractivity contribution >= 4 is 18.4 Å². The van der Waals surface area contributed by atoms with E-state index in [1.165, 1.54) is 19.3 Å². The van der Waals surface area contributed by atoms with Crippen LogP contribution in [-0.4, -0.2) is 35.3 Å². The predicted octanol–water partition coefficient (Wildman–Crippen LogP) is 3.89. The Labute approximate surface area is 146 Å². The van der Waals surface area contributed by atoms with Crippen molar-refractivity contribution in [1.29, 1.82) is 0 Å². The number of benzene rings is 1. The maximum absolute atomic E-state index is 5.33. The quantitative estimate of drug-likeness (QED) is 0.659. The highest BCUT2D eigenvalue weighted by Crippen LogP contribution is 2.31. The molecule has 0 unspecified atom stereocenters. The summed E-state index contributed by atoms with van der Waals surface area (Å²) >= 11 is 5.33. The average molecular weight is 346 g/mol. The lowest BCUT2D eigenvalue weighted by Crippen LogP contribution is -2.10. The van der Waals surface area contributed by atoms with Gasteiger partial charge in [0.2, 0.25) is 4.77 Å². The summed E-state index contributed by atoms with van der Waals surface area (Å²) in [6, 6.07) is 5.66. The Hall–Kier alpha value is -2.15. The highest BCUT2D eigenvalue weighted by atomic mass is 32.1. The Kier molecular flexibility index (Phi) is 5.30. The second-order valence-electron chi connectivity index (χ2n) is 5.89. The topological polar surface area (TPSA) is 64.4 Å². The second kappa shape index (κ2) is 7.61. The van der Waals surface area contributed by atoms with Crippen LogP contribution in [0.15, 0.2) is 23.3 Å². The minimum atomic E-state index is 0.425. The molecule has 0 bridgehead atoms. The summed E-state index contributed by atoms with van der Waals surface area (Å²) < 4.78 is 12.8. The molecule has 24 heavy (non-hydrogen) atoms. The van der Waals surface area contributed by atoms with Crippen LogP contribution in [0, 0.1) is 4.77 Å². The average Bonchev–Trinajstić information content (AvgIpc) is 3.01. The molecule has 6 nitrogen and oxygen atoms in total. The molecule has 1 aromatic heterocycles. The Bertz CT molecular complexity index is 775. The van der Waals surface area contributed by atoms with Gasteiger partial charge in [0.1, 0.15) is 0 Å². The molecule has 1 aliphatic rings. The molecule has 0 aliphatic heterocycles. The number of methoxy groups -OCH3 is 2. The summed E-state index contributed by atoms with van der Waals surface area (Å²) in [5, 5.41) is 11.8. The van der Waals surface area contributed by atoms with Gasteiger partial charge in [0.05, 0.1) is 20.4 Å². The van der Waals surface area contributed by atoms with E-state index in [2.05, 4.69) is 15.3 Å². The molecule has 7 heteroatoms. The van der Waals surface area contributed by atoms with Gasteiger partial charge in [-0.2, -0.15) is 14.9 Å². The van der Waals surface area contributed by atoms with E-state index in [-0.39, 0.29) is 0 Å². The third-order valence-electron chi connectivity index (χ3n) is 4.38. The number of nitrogens with zero attached hydrogens (tertiary/aromatic N) is 3. The van der Waals surface area contributed by atoms with Gasteiger partial charge in [-0.05, 0) is 48.8 Å². The summed E-state index contributed by atoms with van der Waals surface area (Å²) in [4.78, 5) is 0. The third-order valence-corrected chi connectivity index (χ3v) is 4.64. The Balaban J connectivity index is 1.87. The summed E-state index contributed by atoms with van der Waals surface area (Å²) in [7, 11) is 3.24. The number of ether oxygens (including phenoxy) is 2.